The minimum atomic E-state index is -0.328. The van der Waals surface area contributed by atoms with E-state index in [-0.39, 0.29) is 23.9 Å². The highest BCUT2D eigenvalue weighted by Crippen LogP contribution is 2.16. The van der Waals surface area contributed by atoms with Crippen molar-refractivity contribution in [2.45, 2.75) is 26.4 Å². The van der Waals surface area contributed by atoms with E-state index < -0.39 is 0 Å². The number of hydrogen-bond donors (Lipinski definition) is 2. The van der Waals surface area contributed by atoms with Crippen molar-refractivity contribution in [3.63, 3.8) is 0 Å². The fourth-order valence-electron chi connectivity index (χ4n) is 2.66. The van der Waals surface area contributed by atoms with Crippen LogP contribution in [-0.4, -0.2) is 41.2 Å². The third-order valence-corrected chi connectivity index (χ3v) is 4.87. The van der Waals surface area contributed by atoms with Crippen LogP contribution < -0.4 is 10.6 Å². The molecule has 0 aliphatic carbocycles. The van der Waals surface area contributed by atoms with Crippen LogP contribution in [0.3, 0.4) is 0 Å². The van der Waals surface area contributed by atoms with Gasteiger partial charge in [0.2, 0.25) is 5.91 Å². The molecule has 148 valence electrons. The number of nitrogens with zero attached hydrogens (tertiary/aromatic N) is 6. The number of aryl methyl sites for hydroxylation is 4. The molecule has 3 heterocycles. The first-order valence-electron chi connectivity index (χ1n) is 8.60. The number of amides is 2. The van der Waals surface area contributed by atoms with Crippen LogP contribution in [0.1, 0.15) is 28.2 Å². The molecular formula is C17H21BrN8O2. The molecule has 0 saturated carbocycles. The molecular weight excluding hydrogens is 428 g/mol. The van der Waals surface area contributed by atoms with Crippen molar-refractivity contribution in [1.82, 2.24) is 34.7 Å². The number of aromatic nitrogens is 6. The van der Waals surface area contributed by atoms with E-state index in [2.05, 4.69) is 41.9 Å². The largest absolute Gasteiger partial charge is 0.346 e. The van der Waals surface area contributed by atoms with E-state index in [0.29, 0.717) is 18.8 Å². The van der Waals surface area contributed by atoms with Crippen LogP contribution in [-0.2, 0) is 32.0 Å². The van der Waals surface area contributed by atoms with E-state index in [1.807, 2.05) is 26.4 Å². The third-order valence-electron chi connectivity index (χ3n) is 4.09. The highest BCUT2D eigenvalue weighted by Gasteiger charge is 2.18. The van der Waals surface area contributed by atoms with Crippen LogP contribution in [0, 0.1) is 6.92 Å². The molecule has 3 rings (SSSR count). The van der Waals surface area contributed by atoms with Gasteiger partial charge in [0, 0.05) is 51.6 Å². The summed E-state index contributed by atoms with van der Waals surface area (Å²) in [6, 6.07) is 0. The lowest BCUT2D eigenvalue weighted by Gasteiger charge is -2.08. The number of nitrogens with one attached hydrogen (secondary N) is 2. The summed E-state index contributed by atoms with van der Waals surface area (Å²) < 4.78 is 5.69. The van der Waals surface area contributed by atoms with Gasteiger partial charge in [-0.1, -0.05) is 0 Å². The van der Waals surface area contributed by atoms with Gasteiger partial charge < -0.3 is 10.6 Å². The van der Waals surface area contributed by atoms with Crippen molar-refractivity contribution in [3.05, 3.63) is 46.2 Å². The van der Waals surface area contributed by atoms with Gasteiger partial charge in [0.25, 0.3) is 5.91 Å². The molecule has 0 aliphatic heterocycles. The number of anilines is 1. The minimum absolute atomic E-state index is 0.221. The van der Waals surface area contributed by atoms with Crippen molar-refractivity contribution in [3.8, 4) is 0 Å². The summed E-state index contributed by atoms with van der Waals surface area (Å²) in [7, 11) is 3.46. The molecule has 0 spiro atoms. The summed E-state index contributed by atoms with van der Waals surface area (Å²) in [5.41, 5.74) is 2.40. The Bertz CT molecular complexity index is 983. The van der Waals surface area contributed by atoms with Gasteiger partial charge in [-0.05, 0) is 22.9 Å². The maximum atomic E-state index is 12.6. The third kappa shape index (κ3) is 4.66. The summed E-state index contributed by atoms with van der Waals surface area (Å²) in [5, 5.41) is 18.0. The fourth-order valence-corrected chi connectivity index (χ4v) is 2.98. The zero-order valence-corrected chi connectivity index (χ0v) is 17.4. The van der Waals surface area contributed by atoms with Gasteiger partial charge in [-0.25, -0.2) is 0 Å². The Morgan fingerprint density at radius 2 is 1.96 bits per heavy atom. The lowest BCUT2D eigenvalue weighted by Crippen LogP contribution is -2.26. The second kappa shape index (κ2) is 8.38. The molecule has 11 heteroatoms. The molecule has 28 heavy (non-hydrogen) atoms. The molecule has 0 aromatic carbocycles. The van der Waals surface area contributed by atoms with Gasteiger partial charge in [0.15, 0.2) is 0 Å². The Morgan fingerprint density at radius 1 is 1.18 bits per heavy atom. The quantitative estimate of drug-likeness (QED) is 0.566. The fraction of sp³-hybridized carbons (Fsp3) is 0.353. The van der Waals surface area contributed by atoms with Crippen molar-refractivity contribution in [1.29, 1.82) is 0 Å². The average Bonchev–Trinajstić information content (AvgIpc) is 3.31. The van der Waals surface area contributed by atoms with E-state index in [1.54, 1.807) is 22.6 Å². The molecule has 0 aliphatic rings. The van der Waals surface area contributed by atoms with Crippen LogP contribution in [0.2, 0.25) is 0 Å². The standard InChI is InChI=1S/C17H21BrN8O2/c1-11-13(18)10-26(23-11)5-4-15(27)22-14-8-21-25(3)16(14)17(28)19-6-12-7-20-24(2)9-12/h7-10H,4-6H2,1-3H3,(H,19,28)(H,22,27). The molecule has 2 N–H and O–H groups in total. The highest BCUT2D eigenvalue weighted by molar-refractivity contribution is 9.10. The second-order valence-corrected chi connectivity index (χ2v) is 7.21. The van der Waals surface area contributed by atoms with Crippen LogP contribution in [0.4, 0.5) is 5.69 Å². The second-order valence-electron chi connectivity index (χ2n) is 6.36. The van der Waals surface area contributed by atoms with E-state index in [0.717, 1.165) is 15.7 Å². The topological polar surface area (TPSA) is 112 Å². The molecule has 0 saturated heterocycles. The first-order chi connectivity index (χ1) is 13.3. The zero-order chi connectivity index (χ0) is 20.3. The first-order valence-corrected chi connectivity index (χ1v) is 9.40. The molecule has 0 atom stereocenters. The van der Waals surface area contributed by atoms with Gasteiger partial charge in [0.05, 0.1) is 28.2 Å². The predicted octanol–water partition coefficient (Wildman–Crippen LogP) is 1.38. The molecule has 10 nitrogen and oxygen atoms in total. The zero-order valence-electron chi connectivity index (χ0n) is 15.8. The minimum Gasteiger partial charge on any atom is -0.346 e. The Labute approximate surface area is 170 Å². The molecule has 0 fully saturated rings. The van der Waals surface area contributed by atoms with Crippen molar-refractivity contribution in [2.75, 3.05) is 5.32 Å². The first kappa shape index (κ1) is 19.8. The normalized spacial score (nSPS) is 10.9. The summed E-state index contributed by atoms with van der Waals surface area (Å²) in [5.74, 6) is -0.552. The van der Waals surface area contributed by atoms with E-state index >= 15 is 0 Å². The molecule has 0 bridgehead atoms. The number of carbonyl (C=O) groups is 2. The lowest BCUT2D eigenvalue weighted by atomic mass is 10.3. The maximum Gasteiger partial charge on any atom is 0.271 e. The summed E-state index contributed by atoms with van der Waals surface area (Å²) in [6.07, 6.45) is 7.01. The Hall–Kier alpha value is -2.95. The number of hydrogen-bond acceptors (Lipinski definition) is 5. The average molecular weight is 449 g/mol. The van der Waals surface area contributed by atoms with Crippen LogP contribution in [0.25, 0.3) is 0 Å². The predicted molar refractivity (Wildman–Crippen MR) is 105 cm³/mol. The molecule has 3 aromatic heterocycles. The van der Waals surface area contributed by atoms with E-state index in [4.69, 9.17) is 0 Å². The molecule has 3 aromatic rings. The lowest BCUT2D eigenvalue weighted by molar-refractivity contribution is -0.116. The molecule has 0 radical (unpaired) electrons. The Kier molecular flexibility index (Phi) is 5.93. The molecule has 0 unspecified atom stereocenters. The Balaban J connectivity index is 1.59. The van der Waals surface area contributed by atoms with Crippen molar-refractivity contribution < 1.29 is 9.59 Å². The van der Waals surface area contributed by atoms with E-state index in [1.165, 1.54) is 10.9 Å². The van der Waals surface area contributed by atoms with Crippen LogP contribution in [0.15, 0.2) is 29.3 Å². The summed E-state index contributed by atoms with van der Waals surface area (Å²) in [6.45, 7) is 2.65. The smallest absolute Gasteiger partial charge is 0.271 e. The highest BCUT2D eigenvalue weighted by atomic mass is 79.9. The maximum absolute atomic E-state index is 12.6. The molecule has 2 amide bonds. The van der Waals surface area contributed by atoms with Gasteiger partial charge in [0.1, 0.15) is 5.69 Å². The number of carbonyl (C=O) groups excluding carboxylic acids is 2. The van der Waals surface area contributed by atoms with Gasteiger partial charge in [-0.2, -0.15) is 15.3 Å². The summed E-state index contributed by atoms with van der Waals surface area (Å²) in [4.78, 5) is 24.9. The van der Waals surface area contributed by atoms with Gasteiger partial charge in [-0.15, -0.1) is 0 Å². The van der Waals surface area contributed by atoms with Crippen molar-refractivity contribution in [2.24, 2.45) is 14.1 Å². The Morgan fingerprint density at radius 3 is 2.61 bits per heavy atom. The number of halogens is 1. The summed E-state index contributed by atoms with van der Waals surface area (Å²) >= 11 is 3.39. The number of rotatable bonds is 7. The monoisotopic (exact) mass is 448 g/mol. The van der Waals surface area contributed by atoms with Gasteiger partial charge in [-0.3, -0.25) is 23.6 Å². The van der Waals surface area contributed by atoms with Crippen LogP contribution in [0.5, 0.6) is 0 Å². The van der Waals surface area contributed by atoms with E-state index in [9.17, 15) is 9.59 Å². The SMILES string of the molecule is Cc1nn(CCC(=O)Nc2cnn(C)c2C(=O)NCc2cnn(C)c2)cc1Br. The van der Waals surface area contributed by atoms with Crippen molar-refractivity contribution >= 4 is 33.4 Å². The van der Waals surface area contributed by atoms with Crippen LogP contribution >= 0.6 is 15.9 Å². The van der Waals surface area contributed by atoms with Gasteiger partial charge >= 0.3 is 0 Å².